The standard InChI is InChI=1S/C45H46ClN9O6/c46-36-24-32(61-31-5-2-1-3-6-31)9-11-34(36)41(58)35-25-47-42-40(35)43(49-27-48-42)50-29-14-17-54(18-15-29)39(57)7-4-16-52-19-21-53(22-20-52)30-8-10-33-28(23-30)26-55(45(33)60)37-12-13-38(56)51-44(37)59/h1-3,5-6,8-11,23-25,27,29,37H,4,7,12-22,26H2,(H,51,56,59)(H2,47,48,49,50)/t37-/m0/s1. The fourth-order valence-corrected chi connectivity index (χ4v) is 9.09. The van der Waals surface area contributed by atoms with Gasteiger partial charge in [0.25, 0.3) is 5.91 Å². The van der Waals surface area contributed by atoms with Crippen molar-refractivity contribution in [3.05, 3.63) is 107 Å². The number of anilines is 2. The monoisotopic (exact) mass is 843 g/mol. The number of ketones is 1. The predicted molar refractivity (Wildman–Crippen MR) is 229 cm³/mol. The average Bonchev–Trinajstić information content (AvgIpc) is 3.85. The average molecular weight is 844 g/mol. The van der Waals surface area contributed by atoms with Crippen LogP contribution in [-0.2, 0) is 20.9 Å². The Morgan fingerprint density at radius 2 is 1.67 bits per heavy atom. The van der Waals surface area contributed by atoms with Gasteiger partial charge in [0, 0.05) is 93.8 Å². The third kappa shape index (κ3) is 8.53. The predicted octanol–water partition coefficient (Wildman–Crippen LogP) is 5.40. The second-order valence-electron chi connectivity index (χ2n) is 16.0. The number of amides is 4. The molecule has 61 heavy (non-hydrogen) atoms. The van der Waals surface area contributed by atoms with E-state index in [-0.39, 0.29) is 41.0 Å². The van der Waals surface area contributed by atoms with E-state index >= 15 is 0 Å². The Kier molecular flexibility index (Phi) is 11.4. The Balaban J connectivity index is 0.727. The third-order valence-corrected chi connectivity index (χ3v) is 12.5. The molecule has 3 fully saturated rings. The summed E-state index contributed by atoms with van der Waals surface area (Å²) in [4.78, 5) is 84.5. The molecule has 3 saturated heterocycles. The maximum atomic E-state index is 13.8. The van der Waals surface area contributed by atoms with Crippen LogP contribution in [0.3, 0.4) is 0 Å². The molecule has 3 N–H and O–H groups in total. The van der Waals surface area contributed by atoms with Crippen molar-refractivity contribution in [2.24, 2.45) is 0 Å². The quantitative estimate of drug-likeness (QED) is 0.108. The van der Waals surface area contributed by atoms with Gasteiger partial charge in [-0.2, -0.15) is 0 Å². The van der Waals surface area contributed by atoms with Gasteiger partial charge >= 0.3 is 0 Å². The molecule has 4 aliphatic rings. The second kappa shape index (κ2) is 17.3. The number of ether oxygens (including phenoxy) is 1. The molecule has 15 nitrogen and oxygen atoms in total. The first-order valence-corrected chi connectivity index (χ1v) is 21.2. The summed E-state index contributed by atoms with van der Waals surface area (Å²) in [6, 6.07) is 19.7. The molecule has 4 amide bonds. The lowest BCUT2D eigenvalue weighted by Gasteiger charge is -2.36. The number of nitrogens with zero attached hydrogens (tertiary/aromatic N) is 6. The number of hydrogen-bond acceptors (Lipinski definition) is 11. The van der Waals surface area contributed by atoms with Gasteiger partial charge in [0.2, 0.25) is 17.7 Å². The van der Waals surface area contributed by atoms with E-state index < -0.39 is 11.9 Å². The zero-order valence-corrected chi connectivity index (χ0v) is 34.3. The van der Waals surface area contributed by atoms with Crippen LogP contribution in [0.2, 0.25) is 5.02 Å². The molecule has 0 saturated carbocycles. The summed E-state index contributed by atoms with van der Waals surface area (Å²) in [5.74, 6) is 0.782. The Labute approximate surface area is 357 Å². The lowest BCUT2D eigenvalue weighted by molar-refractivity contribution is -0.137. The zero-order valence-electron chi connectivity index (χ0n) is 33.6. The summed E-state index contributed by atoms with van der Waals surface area (Å²) < 4.78 is 5.89. The number of fused-ring (bicyclic) bond motifs is 2. The number of nitrogens with one attached hydrogen (secondary N) is 3. The number of piperidine rings is 2. The van der Waals surface area contributed by atoms with E-state index in [2.05, 4.69) is 41.5 Å². The smallest absolute Gasteiger partial charge is 0.255 e. The van der Waals surface area contributed by atoms with Crippen LogP contribution in [0.25, 0.3) is 11.0 Å². The normalized spacial score (nSPS) is 18.7. The number of hydrogen-bond donors (Lipinski definition) is 3. The molecule has 6 heterocycles. The summed E-state index contributed by atoms with van der Waals surface area (Å²) in [6.45, 7) is 5.88. The molecule has 0 bridgehead atoms. The topological polar surface area (TPSA) is 173 Å². The molecule has 314 valence electrons. The minimum Gasteiger partial charge on any atom is -0.457 e. The lowest BCUT2D eigenvalue weighted by atomic mass is 10.0. The van der Waals surface area contributed by atoms with E-state index in [0.717, 1.165) is 63.2 Å². The van der Waals surface area contributed by atoms with Crippen molar-refractivity contribution in [2.45, 2.75) is 57.2 Å². The fraction of sp³-hybridized carbons (Fsp3) is 0.356. The van der Waals surface area contributed by atoms with E-state index in [1.165, 1.54) is 6.33 Å². The number of carbonyl (C=O) groups is 5. The van der Waals surface area contributed by atoms with Gasteiger partial charge in [-0.05, 0) is 80.3 Å². The number of imide groups is 1. The number of H-pyrrole nitrogens is 1. The van der Waals surface area contributed by atoms with Gasteiger partial charge in [0.1, 0.15) is 35.3 Å². The van der Waals surface area contributed by atoms with Gasteiger partial charge in [-0.25, -0.2) is 9.97 Å². The molecule has 0 spiro atoms. The van der Waals surface area contributed by atoms with Crippen LogP contribution < -0.4 is 20.3 Å². The zero-order chi connectivity index (χ0) is 42.0. The summed E-state index contributed by atoms with van der Waals surface area (Å²) >= 11 is 6.62. The molecule has 2 aromatic heterocycles. The van der Waals surface area contributed by atoms with Gasteiger partial charge in [0.05, 0.1) is 16.0 Å². The first-order chi connectivity index (χ1) is 29.7. The molecule has 16 heteroatoms. The minimum absolute atomic E-state index is 0.0599. The molecule has 3 aromatic carbocycles. The lowest BCUT2D eigenvalue weighted by Crippen LogP contribution is -2.52. The van der Waals surface area contributed by atoms with E-state index in [9.17, 15) is 24.0 Å². The van der Waals surface area contributed by atoms with Crippen molar-refractivity contribution >= 4 is 63.6 Å². The summed E-state index contributed by atoms with van der Waals surface area (Å²) in [5, 5.41) is 6.76. The SMILES string of the molecule is O=C1CC[C@H](N2Cc3cc(N4CCN(CCCC(=O)N5CCC(Nc6ncnc7[nH]cc(C(=O)c8ccc(Oc9ccccc9)cc8Cl)c67)CC5)CC4)ccc3C2=O)C(=O)N1. The van der Waals surface area contributed by atoms with Crippen molar-refractivity contribution in [3.8, 4) is 11.5 Å². The fourth-order valence-electron chi connectivity index (χ4n) is 8.83. The van der Waals surface area contributed by atoms with Crippen LogP contribution in [-0.4, -0.2) is 117 Å². The van der Waals surface area contributed by atoms with Gasteiger partial charge < -0.3 is 29.7 Å². The number of aromatic amines is 1. The number of para-hydroxylation sites is 1. The molecule has 5 aromatic rings. The Morgan fingerprint density at radius 3 is 2.44 bits per heavy atom. The Bertz CT molecular complexity index is 2500. The number of piperazine rings is 1. The van der Waals surface area contributed by atoms with Gasteiger partial charge in [-0.3, -0.25) is 34.2 Å². The molecule has 4 aliphatic heterocycles. The molecule has 0 unspecified atom stereocenters. The van der Waals surface area contributed by atoms with Crippen molar-refractivity contribution < 1.29 is 28.7 Å². The number of carbonyl (C=O) groups excluding carboxylic acids is 5. The number of halogens is 1. The maximum absolute atomic E-state index is 13.8. The molecule has 0 radical (unpaired) electrons. The first-order valence-electron chi connectivity index (χ1n) is 20.9. The van der Waals surface area contributed by atoms with Crippen LogP contribution in [0.4, 0.5) is 11.5 Å². The number of aromatic nitrogens is 3. The Morgan fingerprint density at radius 1 is 0.869 bits per heavy atom. The highest BCUT2D eigenvalue weighted by molar-refractivity contribution is 6.35. The van der Waals surface area contributed by atoms with Crippen LogP contribution >= 0.6 is 11.6 Å². The first kappa shape index (κ1) is 40.1. The molecular weight excluding hydrogens is 798 g/mol. The van der Waals surface area contributed by atoms with E-state index in [1.54, 1.807) is 29.3 Å². The van der Waals surface area contributed by atoms with Gasteiger partial charge in [-0.1, -0.05) is 29.8 Å². The molecular formula is C45H46ClN9O6. The summed E-state index contributed by atoms with van der Waals surface area (Å²) in [5.41, 5.74) is 3.85. The van der Waals surface area contributed by atoms with Gasteiger partial charge in [-0.15, -0.1) is 0 Å². The molecule has 1 atom stereocenters. The summed E-state index contributed by atoms with van der Waals surface area (Å²) in [7, 11) is 0. The van der Waals surface area contributed by atoms with Crippen molar-refractivity contribution in [1.29, 1.82) is 0 Å². The van der Waals surface area contributed by atoms with Crippen molar-refractivity contribution in [2.75, 3.05) is 56.0 Å². The number of benzene rings is 3. The van der Waals surface area contributed by atoms with E-state index in [4.69, 9.17) is 16.3 Å². The van der Waals surface area contributed by atoms with Crippen molar-refractivity contribution in [1.82, 2.24) is 35.0 Å². The summed E-state index contributed by atoms with van der Waals surface area (Å²) in [6.07, 6.45) is 6.44. The van der Waals surface area contributed by atoms with E-state index in [1.807, 2.05) is 47.4 Å². The highest BCUT2D eigenvalue weighted by atomic mass is 35.5. The van der Waals surface area contributed by atoms with Crippen LogP contribution in [0.5, 0.6) is 11.5 Å². The molecule has 9 rings (SSSR count). The molecule has 0 aliphatic carbocycles. The largest absolute Gasteiger partial charge is 0.457 e. The second-order valence-corrected chi connectivity index (χ2v) is 16.4. The highest BCUT2D eigenvalue weighted by Crippen LogP contribution is 2.33. The number of likely N-dealkylation sites (tertiary alicyclic amines) is 1. The third-order valence-electron chi connectivity index (χ3n) is 12.2. The Hall–Kier alpha value is -6.32. The van der Waals surface area contributed by atoms with Crippen LogP contribution in [0.15, 0.2) is 79.3 Å². The number of rotatable bonds is 12. The highest BCUT2D eigenvalue weighted by Gasteiger charge is 2.39. The van der Waals surface area contributed by atoms with Crippen molar-refractivity contribution in [3.63, 3.8) is 0 Å². The van der Waals surface area contributed by atoms with Crippen LogP contribution in [0.1, 0.15) is 70.4 Å². The minimum atomic E-state index is -0.625. The van der Waals surface area contributed by atoms with E-state index in [0.29, 0.717) is 77.5 Å². The maximum Gasteiger partial charge on any atom is 0.255 e. The van der Waals surface area contributed by atoms with Crippen LogP contribution in [0, 0.1) is 0 Å². The van der Waals surface area contributed by atoms with Gasteiger partial charge in [0.15, 0.2) is 5.78 Å².